The second kappa shape index (κ2) is 6.02. The predicted octanol–water partition coefficient (Wildman–Crippen LogP) is 3.19. The van der Waals surface area contributed by atoms with Crippen LogP contribution in [0.4, 0.5) is 5.82 Å². The molecule has 0 radical (unpaired) electrons. The molecule has 6 nitrogen and oxygen atoms in total. The molecule has 1 aromatic carbocycles. The smallest absolute Gasteiger partial charge is 0.162 e. The number of nitrogen functional groups attached to an aromatic ring is 1. The number of anilines is 1. The summed E-state index contributed by atoms with van der Waals surface area (Å²) in [7, 11) is 0. The number of benzene rings is 1. The van der Waals surface area contributed by atoms with Gasteiger partial charge in [-0.1, -0.05) is 15.9 Å². The number of ether oxygens (including phenoxy) is 2. The van der Waals surface area contributed by atoms with Gasteiger partial charge in [-0.3, -0.25) is 0 Å². The van der Waals surface area contributed by atoms with Crippen LogP contribution >= 0.6 is 15.9 Å². The summed E-state index contributed by atoms with van der Waals surface area (Å²) in [6.07, 6.45) is 3.03. The number of nitrogens with two attached hydrogens (primary N) is 1. The molecule has 2 aromatic rings. The molecule has 0 saturated heterocycles. The Labute approximate surface area is 148 Å². The monoisotopic (exact) mass is 388 g/mol. The van der Waals surface area contributed by atoms with E-state index in [4.69, 9.17) is 15.2 Å². The Morgan fingerprint density at radius 1 is 1.29 bits per heavy atom. The number of rotatable bonds is 3. The molecule has 1 aromatic heterocycles. The highest BCUT2D eigenvalue weighted by Gasteiger charge is 2.31. The molecule has 1 aliphatic heterocycles. The molecule has 0 spiro atoms. The van der Waals surface area contributed by atoms with Crippen LogP contribution < -0.4 is 15.2 Å². The van der Waals surface area contributed by atoms with Gasteiger partial charge in [0.25, 0.3) is 0 Å². The van der Waals surface area contributed by atoms with E-state index >= 15 is 0 Å². The quantitative estimate of drug-likeness (QED) is 0.872. The first-order chi connectivity index (χ1) is 11.7. The van der Waals surface area contributed by atoms with Gasteiger partial charge < -0.3 is 15.2 Å². The highest BCUT2D eigenvalue weighted by atomic mass is 79.9. The van der Waals surface area contributed by atoms with E-state index in [0.717, 1.165) is 46.5 Å². The van der Waals surface area contributed by atoms with E-state index in [2.05, 4.69) is 27.1 Å². The third-order valence-electron chi connectivity index (χ3n) is 4.33. The molecule has 7 heteroatoms. The Morgan fingerprint density at radius 3 is 2.67 bits per heavy atom. The lowest BCUT2D eigenvalue weighted by Gasteiger charge is -2.12. The highest BCUT2D eigenvalue weighted by Crippen LogP contribution is 2.42. The van der Waals surface area contributed by atoms with Crippen molar-refractivity contribution in [2.24, 2.45) is 0 Å². The molecule has 2 N–H and O–H groups in total. The van der Waals surface area contributed by atoms with E-state index in [1.807, 2.05) is 12.1 Å². The first kappa shape index (κ1) is 15.3. The highest BCUT2D eigenvalue weighted by molar-refractivity contribution is 9.10. The molecule has 1 fully saturated rings. The van der Waals surface area contributed by atoms with Crippen molar-refractivity contribution in [2.75, 3.05) is 18.9 Å². The fraction of sp³-hybridized carbons (Fsp3) is 0.412. The van der Waals surface area contributed by atoms with Crippen molar-refractivity contribution in [3.8, 4) is 17.6 Å². The van der Waals surface area contributed by atoms with Crippen LogP contribution in [-0.4, -0.2) is 23.0 Å². The molecule has 2 heterocycles. The van der Waals surface area contributed by atoms with Crippen molar-refractivity contribution in [3.05, 3.63) is 33.4 Å². The Morgan fingerprint density at radius 2 is 2.00 bits per heavy atom. The first-order valence-corrected chi connectivity index (χ1v) is 8.81. The normalized spacial score (nSPS) is 16.5. The maximum atomic E-state index is 9.37. The van der Waals surface area contributed by atoms with Crippen LogP contribution in [0.1, 0.15) is 42.0 Å². The van der Waals surface area contributed by atoms with Gasteiger partial charge in [0.05, 0.1) is 25.5 Å². The van der Waals surface area contributed by atoms with Crippen LogP contribution in [0.15, 0.2) is 16.6 Å². The minimum Gasteiger partial charge on any atom is -0.490 e. The van der Waals surface area contributed by atoms with Gasteiger partial charge in [-0.15, -0.1) is 0 Å². The van der Waals surface area contributed by atoms with E-state index in [1.165, 1.54) is 0 Å². The number of halogens is 1. The van der Waals surface area contributed by atoms with E-state index < -0.39 is 0 Å². The Bertz CT molecular complexity index is 836. The minimum absolute atomic E-state index is 0.385. The molecule has 0 unspecified atom stereocenters. The largest absolute Gasteiger partial charge is 0.490 e. The second-order valence-electron chi connectivity index (χ2n) is 6.13. The van der Waals surface area contributed by atoms with E-state index in [9.17, 15) is 5.26 Å². The molecule has 24 heavy (non-hydrogen) atoms. The maximum absolute atomic E-state index is 9.37. The van der Waals surface area contributed by atoms with Gasteiger partial charge in [-0.05, 0) is 30.5 Å². The zero-order valence-corrected chi connectivity index (χ0v) is 14.7. The lowest BCUT2D eigenvalue weighted by atomic mass is 10.2. The number of hydrogen-bond donors (Lipinski definition) is 1. The minimum atomic E-state index is 0.385. The fourth-order valence-electron chi connectivity index (χ4n) is 2.88. The molecule has 0 amide bonds. The fourth-order valence-corrected chi connectivity index (χ4v) is 3.33. The molecule has 2 aliphatic rings. The Kier molecular flexibility index (Phi) is 3.85. The summed E-state index contributed by atoms with van der Waals surface area (Å²) in [4.78, 5) is 0. The number of aromatic nitrogens is 2. The lowest BCUT2D eigenvalue weighted by Crippen LogP contribution is -2.07. The van der Waals surface area contributed by atoms with E-state index in [0.29, 0.717) is 37.1 Å². The van der Waals surface area contributed by atoms with Crippen LogP contribution in [0.2, 0.25) is 0 Å². The molecule has 1 saturated carbocycles. The summed E-state index contributed by atoms with van der Waals surface area (Å²) in [5.41, 5.74) is 8.48. The van der Waals surface area contributed by atoms with Crippen LogP contribution in [0.25, 0.3) is 0 Å². The lowest BCUT2D eigenvalue weighted by molar-refractivity contribution is 0.297. The molecule has 4 rings (SSSR count). The van der Waals surface area contributed by atoms with Gasteiger partial charge in [0.15, 0.2) is 11.5 Å². The first-order valence-electron chi connectivity index (χ1n) is 8.01. The summed E-state index contributed by atoms with van der Waals surface area (Å²) >= 11 is 3.58. The van der Waals surface area contributed by atoms with Crippen molar-refractivity contribution in [2.45, 2.75) is 31.7 Å². The van der Waals surface area contributed by atoms with Gasteiger partial charge in [0.2, 0.25) is 0 Å². The standard InChI is InChI=1S/C17H17BrN4O2/c18-13-7-15-14(23-4-1-5-24-15)6-11(13)9-22-17(20)12(8-19)16(21-22)10-2-3-10/h6-7,10H,1-5,9,20H2. The van der Waals surface area contributed by atoms with Gasteiger partial charge in [-0.2, -0.15) is 10.4 Å². The molecule has 1 aliphatic carbocycles. The molecule has 0 bridgehead atoms. The van der Waals surface area contributed by atoms with Gasteiger partial charge in [-0.25, -0.2) is 4.68 Å². The number of nitrogens with zero attached hydrogens (tertiary/aromatic N) is 3. The van der Waals surface area contributed by atoms with Crippen LogP contribution in [0.3, 0.4) is 0 Å². The van der Waals surface area contributed by atoms with Crippen molar-refractivity contribution in [3.63, 3.8) is 0 Å². The predicted molar refractivity (Wildman–Crippen MR) is 92.2 cm³/mol. The van der Waals surface area contributed by atoms with Gasteiger partial charge in [0.1, 0.15) is 17.5 Å². The Balaban J connectivity index is 1.68. The third-order valence-corrected chi connectivity index (χ3v) is 5.07. The van der Waals surface area contributed by atoms with Crippen molar-refractivity contribution < 1.29 is 9.47 Å². The third kappa shape index (κ3) is 2.71. The molecular formula is C17H17BrN4O2. The topological polar surface area (TPSA) is 86.1 Å². The molecule has 0 atom stereocenters. The average Bonchev–Trinajstić information content (AvgIpc) is 3.37. The number of nitriles is 1. The zero-order valence-electron chi connectivity index (χ0n) is 13.1. The van der Waals surface area contributed by atoms with Crippen LogP contribution in [0, 0.1) is 11.3 Å². The van der Waals surface area contributed by atoms with E-state index in [-0.39, 0.29) is 0 Å². The van der Waals surface area contributed by atoms with Gasteiger partial charge >= 0.3 is 0 Å². The number of hydrogen-bond acceptors (Lipinski definition) is 5. The summed E-state index contributed by atoms with van der Waals surface area (Å²) in [5, 5.41) is 14.0. The summed E-state index contributed by atoms with van der Waals surface area (Å²) < 4.78 is 14.1. The maximum Gasteiger partial charge on any atom is 0.162 e. The second-order valence-corrected chi connectivity index (χ2v) is 6.98. The van der Waals surface area contributed by atoms with Crippen molar-refractivity contribution in [1.29, 1.82) is 5.26 Å². The van der Waals surface area contributed by atoms with Crippen molar-refractivity contribution >= 4 is 21.7 Å². The van der Waals surface area contributed by atoms with E-state index in [1.54, 1.807) is 4.68 Å². The zero-order chi connectivity index (χ0) is 16.7. The van der Waals surface area contributed by atoms with Crippen molar-refractivity contribution in [1.82, 2.24) is 9.78 Å². The SMILES string of the molecule is N#Cc1c(C2CC2)nn(Cc2cc3c(cc2Br)OCCCO3)c1N. The summed E-state index contributed by atoms with van der Waals surface area (Å²) in [6.45, 7) is 1.77. The van der Waals surface area contributed by atoms with Crippen LogP contribution in [-0.2, 0) is 6.54 Å². The Hall–Kier alpha value is -2.20. The average molecular weight is 389 g/mol. The number of fused-ring (bicyclic) bond motifs is 1. The van der Waals surface area contributed by atoms with Gasteiger partial charge in [0, 0.05) is 16.8 Å². The van der Waals surface area contributed by atoms with Crippen LogP contribution in [0.5, 0.6) is 11.5 Å². The molecule has 124 valence electrons. The molecular weight excluding hydrogens is 372 g/mol. The summed E-state index contributed by atoms with van der Waals surface area (Å²) in [6, 6.07) is 6.07. The summed E-state index contributed by atoms with van der Waals surface area (Å²) in [5.74, 6) is 2.29.